The molecule has 0 aliphatic rings. The fourth-order valence-corrected chi connectivity index (χ4v) is 10.1. The predicted molar refractivity (Wildman–Crippen MR) is 166 cm³/mol. The summed E-state index contributed by atoms with van der Waals surface area (Å²) >= 11 is 6.06. The third kappa shape index (κ3) is 4.23. The van der Waals surface area contributed by atoms with Crippen LogP contribution in [0.15, 0.2) is 82.4 Å². The molecule has 15 nitrogen and oxygen atoms in total. The van der Waals surface area contributed by atoms with Gasteiger partial charge in [-0.05, 0) is 12.1 Å². The molecule has 0 aliphatic carbocycles. The van der Waals surface area contributed by atoms with E-state index in [0.717, 1.165) is 6.07 Å². The third-order valence-corrected chi connectivity index (χ3v) is 11.3. The molecule has 1 aromatic heterocycles. The molecule has 0 spiro atoms. The van der Waals surface area contributed by atoms with E-state index in [1.54, 1.807) is 12.1 Å². The van der Waals surface area contributed by atoms with Crippen molar-refractivity contribution in [3.05, 3.63) is 94.4 Å². The van der Waals surface area contributed by atoms with E-state index in [-0.39, 0.29) is 43.6 Å². The highest BCUT2D eigenvalue weighted by Crippen LogP contribution is 2.40. The SMILES string of the molecule is O=c1c2ccccc2c(=O)c2c1ccc1[nH+]c3c(ccc4c(=O)c5c(Cl)c(S(=O)(=O)O)c(S(=O)(=O)O)c(S(=O)(=O)O)c5c(=O)c43)[nH+]c12. The molecule has 0 radical (unpaired) electrons. The maximum Gasteiger partial charge on any atom is 0.297 e. The quantitative estimate of drug-likeness (QED) is 0.131. The average Bonchev–Trinajstić information content (AvgIpc) is 2.98. The first-order valence-electron chi connectivity index (χ1n) is 12.8. The first-order chi connectivity index (χ1) is 21.8. The molecule has 0 saturated carbocycles. The van der Waals surface area contributed by atoms with E-state index in [0.29, 0.717) is 0 Å². The number of aromatic nitrogens is 2. The van der Waals surface area contributed by atoms with Gasteiger partial charge in [-0.15, -0.1) is 0 Å². The molecule has 0 amide bonds. The highest BCUT2D eigenvalue weighted by molar-refractivity contribution is 7.90. The van der Waals surface area contributed by atoms with Gasteiger partial charge in [0.05, 0.1) is 15.8 Å². The van der Waals surface area contributed by atoms with E-state index in [9.17, 15) is 58.1 Å². The van der Waals surface area contributed by atoms with Gasteiger partial charge in [-0.1, -0.05) is 35.9 Å². The number of rotatable bonds is 3. The molecule has 0 unspecified atom stereocenters. The molecule has 7 rings (SSSR count). The van der Waals surface area contributed by atoms with Crippen LogP contribution < -0.4 is 31.7 Å². The highest BCUT2D eigenvalue weighted by atomic mass is 35.5. The number of nitrogens with one attached hydrogen (secondary N) is 2. The van der Waals surface area contributed by atoms with Crippen LogP contribution in [0, 0.1) is 0 Å². The lowest BCUT2D eigenvalue weighted by Gasteiger charge is -2.14. The minimum Gasteiger partial charge on any atom is -0.289 e. The Morgan fingerprint density at radius 3 is 1.38 bits per heavy atom. The van der Waals surface area contributed by atoms with Crippen molar-refractivity contribution in [3.8, 4) is 0 Å². The van der Waals surface area contributed by atoms with Crippen LogP contribution in [0.1, 0.15) is 0 Å². The summed E-state index contributed by atoms with van der Waals surface area (Å²) in [7, 11) is -17.8. The zero-order chi connectivity index (χ0) is 34.1. The zero-order valence-corrected chi connectivity index (χ0v) is 25.9. The Morgan fingerprint density at radius 1 is 0.468 bits per heavy atom. The van der Waals surface area contributed by atoms with Crippen molar-refractivity contribution in [2.45, 2.75) is 14.7 Å². The van der Waals surface area contributed by atoms with Crippen LogP contribution >= 0.6 is 11.6 Å². The van der Waals surface area contributed by atoms with Gasteiger partial charge in [0, 0.05) is 33.7 Å². The Balaban J connectivity index is 1.77. The summed E-state index contributed by atoms with van der Waals surface area (Å²) in [4.78, 5) is 54.3. The Hall–Kier alpha value is -4.82. The fourth-order valence-electron chi connectivity index (χ4n) is 6.01. The minimum atomic E-state index is -6.02. The second kappa shape index (κ2) is 9.61. The van der Waals surface area contributed by atoms with Gasteiger partial charge in [0.15, 0.2) is 10.9 Å². The third-order valence-electron chi connectivity index (χ3n) is 7.83. The van der Waals surface area contributed by atoms with E-state index in [2.05, 4.69) is 9.97 Å². The van der Waals surface area contributed by atoms with Crippen molar-refractivity contribution < 1.29 is 48.9 Å². The van der Waals surface area contributed by atoms with E-state index in [1.807, 2.05) is 0 Å². The molecule has 6 aromatic carbocycles. The van der Waals surface area contributed by atoms with Gasteiger partial charge in [-0.2, -0.15) is 35.2 Å². The van der Waals surface area contributed by atoms with Gasteiger partial charge < -0.3 is 0 Å². The molecule has 236 valence electrons. The molecular weight excluding hydrogens is 704 g/mol. The first-order valence-corrected chi connectivity index (χ1v) is 17.5. The van der Waals surface area contributed by atoms with Crippen molar-refractivity contribution in [2.75, 3.05) is 0 Å². The molecule has 0 saturated heterocycles. The number of fused-ring (bicyclic) bond motifs is 8. The van der Waals surface area contributed by atoms with E-state index < -0.39 is 93.3 Å². The molecule has 0 atom stereocenters. The normalized spacial score (nSPS) is 13.1. The summed E-state index contributed by atoms with van der Waals surface area (Å²) in [5.74, 6) is 0. The Labute approximate surface area is 264 Å². The van der Waals surface area contributed by atoms with E-state index in [1.165, 1.54) is 30.3 Å². The molecule has 0 aliphatic heterocycles. The number of H-pyrrole nitrogens is 2. The number of aromatic amines is 2. The Morgan fingerprint density at radius 2 is 0.894 bits per heavy atom. The molecular formula is C28H13ClN2O13S3+2. The van der Waals surface area contributed by atoms with Crippen LogP contribution in [-0.4, -0.2) is 38.9 Å². The molecule has 7 aromatic rings. The summed E-state index contributed by atoms with van der Waals surface area (Å²) in [5.41, 5.74) is -3.69. The lowest BCUT2D eigenvalue weighted by molar-refractivity contribution is -0.359. The number of halogens is 1. The van der Waals surface area contributed by atoms with Crippen LogP contribution in [0.2, 0.25) is 5.02 Å². The zero-order valence-electron chi connectivity index (χ0n) is 22.6. The molecule has 0 bridgehead atoms. The average molecular weight is 717 g/mol. The van der Waals surface area contributed by atoms with Gasteiger partial charge in [-0.25, -0.2) is 0 Å². The summed E-state index contributed by atoms with van der Waals surface area (Å²) in [6.07, 6.45) is 0. The molecule has 5 N–H and O–H groups in total. The first kappa shape index (κ1) is 30.8. The van der Waals surface area contributed by atoms with Crippen LogP contribution in [0.3, 0.4) is 0 Å². The van der Waals surface area contributed by atoms with Gasteiger partial charge in [0.1, 0.15) is 25.5 Å². The smallest absolute Gasteiger partial charge is 0.289 e. The molecule has 19 heteroatoms. The van der Waals surface area contributed by atoms with Crippen molar-refractivity contribution >= 4 is 107 Å². The number of benzene rings is 6. The van der Waals surface area contributed by atoms with Crippen molar-refractivity contribution in [2.24, 2.45) is 0 Å². The molecule has 0 fully saturated rings. The standard InChI is InChI=1S/C28H11ClN2O13S3/c29-19-17-18(26(45(36,37)38)28(47(42,43)44)27(19)46(39,40)41)25(35)16-12(24(17)34)6-8-14-21(16)31-13-7-5-11-15(20(13)30-14)23(33)10-4-2-1-3-9(10)22(11)32/h1-8H,(H,36,37,38)(H,39,40,41)(H,42,43,44)/p+2. The Kier molecular flexibility index (Phi) is 6.30. The van der Waals surface area contributed by atoms with Crippen molar-refractivity contribution in [3.63, 3.8) is 0 Å². The second-order valence-electron chi connectivity index (χ2n) is 10.4. The highest BCUT2D eigenvalue weighted by Gasteiger charge is 2.40. The Bertz CT molecular complexity index is 3250. The van der Waals surface area contributed by atoms with Gasteiger partial charge in [0.25, 0.3) is 52.4 Å². The summed E-state index contributed by atoms with van der Waals surface area (Å²) < 4.78 is 104. The maximum absolute atomic E-state index is 14.1. The topological polar surface area (TPSA) is 260 Å². The predicted octanol–water partition coefficient (Wildman–Crippen LogP) is 0.944. The fraction of sp³-hybridized carbons (Fsp3) is 0. The lowest BCUT2D eigenvalue weighted by Crippen LogP contribution is -2.25. The van der Waals surface area contributed by atoms with Crippen LogP contribution in [0.5, 0.6) is 0 Å². The summed E-state index contributed by atoms with van der Waals surface area (Å²) in [5, 5.41) is -4.73. The van der Waals surface area contributed by atoms with Gasteiger partial charge in [-0.3, -0.25) is 32.8 Å². The lowest BCUT2D eigenvalue weighted by atomic mass is 9.99. The van der Waals surface area contributed by atoms with Gasteiger partial charge in [0.2, 0.25) is 10.9 Å². The monoisotopic (exact) mass is 716 g/mol. The summed E-state index contributed by atoms with van der Waals surface area (Å²) in [6, 6.07) is 11.2. The minimum absolute atomic E-state index is 0.00852. The van der Waals surface area contributed by atoms with E-state index in [4.69, 9.17) is 11.6 Å². The van der Waals surface area contributed by atoms with Crippen LogP contribution in [0.25, 0.3) is 65.2 Å². The molecule has 1 heterocycles. The van der Waals surface area contributed by atoms with E-state index >= 15 is 0 Å². The molecule has 47 heavy (non-hydrogen) atoms. The van der Waals surface area contributed by atoms with Gasteiger partial charge >= 0.3 is 0 Å². The van der Waals surface area contributed by atoms with Crippen molar-refractivity contribution in [1.29, 1.82) is 0 Å². The maximum atomic E-state index is 14.1. The van der Waals surface area contributed by atoms with Crippen LogP contribution in [0.4, 0.5) is 0 Å². The summed E-state index contributed by atoms with van der Waals surface area (Å²) in [6.45, 7) is 0. The number of hydrogen-bond donors (Lipinski definition) is 3. The largest absolute Gasteiger partial charge is 0.297 e. The van der Waals surface area contributed by atoms with Crippen molar-refractivity contribution in [1.82, 2.24) is 0 Å². The number of hydrogen-bond acceptors (Lipinski definition) is 10. The second-order valence-corrected chi connectivity index (χ2v) is 14.9. The van der Waals surface area contributed by atoms with Crippen LogP contribution in [-0.2, 0) is 30.4 Å².